The first-order valence-electron chi connectivity index (χ1n) is 6.72. The van der Waals surface area contributed by atoms with E-state index in [-0.39, 0.29) is 5.82 Å². The Labute approximate surface area is 122 Å². The number of aromatic nitrogens is 2. The van der Waals surface area contributed by atoms with Crippen molar-refractivity contribution in [1.82, 2.24) is 9.78 Å². The molecule has 2 aromatic carbocycles. The van der Waals surface area contributed by atoms with Crippen molar-refractivity contribution in [1.29, 1.82) is 0 Å². The van der Waals surface area contributed by atoms with Gasteiger partial charge in [0.25, 0.3) is 0 Å². The van der Waals surface area contributed by atoms with Crippen LogP contribution < -0.4 is 5.73 Å². The lowest BCUT2D eigenvalue weighted by Gasteiger charge is -2.07. The summed E-state index contributed by atoms with van der Waals surface area (Å²) in [7, 11) is 1.81. The zero-order chi connectivity index (χ0) is 15.0. The standard InChI is InChI=1S/C17H16FN3/c1-11-5-3-4-6-14(11)15-16(20-21(2)17(15)19)12-7-9-13(18)10-8-12/h3-10H,19H2,1-2H3. The molecule has 0 saturated carbocycles. The van der Waals surface area contributed by atoms with Crippen LogP contribution in [0.4, 0.5) is 10.2 Å². The van der Waals surface area contributed by atoms with Crippen molar-refractivity contribution < 1.29 is 4.39 Å². The van der Waals surface area contributed by atoms with Gasteiger partial charge in [-0.3, -0.25) is 4.68 Å². The number of rotatable bonds is 2. The lowest BCUT2D eigenvalue weighted by atomic mass is 9.97. The highest BCUT2D eigenvalue weighted by Crippen LogP contribution is 2.37. The quantitative estimate of drug-likeness (QED) is 0.776. The summed E-state index contributed by atoms with van der Waals surface area (Å²) in [5.74, 6) is 0.337. The van der Waals surface area contributed by atoms with E-state index in [4.69, 9.17) is 5.73 Å². The van der Waals surface area contributed by atoms with E-state index < -0.39 is 0 Å². The molecule has 1 aromatic heterocycles. The Hall–Kier alpha value is -2.62. The Morgan fingerprint density at radius 2 is 1.71 bits per heavy atom. The van der Waals surface area contributed by atoms with Gasteiger partial charge < -0.3 is 5.73 Å². The SMILES string of the molecule is Cc1ccccc1-c1c(-c2ccc(F)cc2)nn(C)c1N. The van der Waals surface area contributed by atoms with Gasteiger partial charge in [-0.2, -0.15) is 5.10 Å². The van der Waals surface area contributed by atoms with Gasteiger partial charge in [0.15, 0.2) is 0 Å². The summed E-state index contributed by atoms with van der Waals surface area (Å²) in [6, 6.07) is 14.3. The molecule has 2 N–H and O–H groups in total. The average molecular weight is 281 g/mol. The molecule has 106 valence electrons. The van der Waals surface area contributed by atoms with Crippen molar-refractivity contribution in [3.05, 3.63) is 59.9 Å². The number of anilines is 1. The van der Waals surface area contributed by atoms with Crippen molar-refractivity contribution >= 4 is 5.82 Å². The highest BCUT2D eigenvalue weighted by Gasteiger charge is 2.18. The summed E-state index contributed by atoms with van der Waals surface area (Å²) in [5.41, 5.74) is 10.9. The van der Waals surface area contributed by atoms with E-state index in [1.54, 1.807) is 16.8 Å². The monoisotopic (exact) mass is 281 g/mol. The normalized spacial score (nSPS) is 10.8. The predicted molar refractivity (Wildman–Crippen MR) is 83.2 cm³/mol. The van der Waals surface area contributed by atoms with Crippen LogP contribution in [0.3, 0.4) is 0 Å². The maximum Gasteiger partial charge on any atom is 0.129 e. The molecule has 3 nitrogen and oxygen atoms in total. The predicted octanol–water partition coefficient (Wildman–Crippen LogP) is 3.78. The molecule has 21 heavy (non-hydrogen) atoms. The third-order valence-electron chi connectivity index (χ3n) is 3.62. The van der Waals surface area contributed by atoms with Gasteiger partial charge in [-0.1, -0.05) is 24.3 Å². The average Bonchev–Trinajstić information content (AvgIpc) is 2.77. The Morgan fingerprint density at radius 3 is 2.38 bits per heavy atom. The first-order valence-corrected chi connectivity index (χ1v) is 6.72. The van der Waals surface area contributed by atoms with Gasteiger partial charge >= 0.3 is 0 Å². The van der Waals surface area contributed by atoms with Gasteiger partial charge in [-0.15, -0.1) is 0 Å². The molecule has 0 atom stereocenters. The van der Waals surface area contributed by atoms with E-state index in [1.165, 1.54) is 12.1 Å². The summed E-state index contributed by atoms with van der Waals surface area (Å²) >= 11 is 0. The number of benzene rings is 2. The van der Waals surface area contributed by atoms with E-state index in [1.807, 2.05) is 38.2 Å². The van der Waals surface area contributed by atoms with E-state index in [2.05, 4.69) is 5.10 Å². The molecule has 0 saturated heterocycles. The number of halogens is 1. The molecule has 3 aromatic rings. The second kappa shape index (κ2) is 5.05. The third-order valence-corrected chi connectivity index (χ3v) is 3.62. The largest absolute Gasteiger partial charge is 0.383 e. The second-order valence-corrected chi connectivity index (χ2v) is 5.05. The van der Waals surface area contributed by atoms with Crippen molar-refractivity contribution in [3.63, 3.8) is 0 Å². The second-order valence-electron chi connectivity index (χ2n) is 5.05. The van der Waals surface area contributed by atoms with Crippen LogP contribution in [-0.4, -0.2) is 9.78 Å². The van der Waals surface area contributed by atoms with Gasteiger partial charge in [-0.25, -0.2) is 4.39 Å². The zero-order valence-electron chi connectivity index (χ0n) is 12.0. The molecule has 0 spiro atoms. The lowest BCUT2D eigenvalue weighted by Crippen LogP contribution is -1.98. The Bertz CT molecular complexity index is 788. The molecule has 0 unspecified atom stereocenters. The lowest BCUT2D eigenvalue weighted by molar-refractivity contribution is 0.628. The zero-order valence-corrected chi connectivity index (χ0v) is 12.0. The maximum absolute atomic E-state index is 13.1. The van der Waals surface area contributed by atoms with Crippen molar-refractivity contribution in [3.8, 4) is 22.4 Å². The Morgan fingerprint density at radius 1 is 1.05 bits per heavy atom. The topological polar surface area (TPSA) is 43.8 Å². The van der Waals surface area contributed by atoms with Gasteiger partial charge in [0.2, 0.25) is 0 Å². The minimum Gasteiger partial charge on any atom is -0.383 e. The number of hydrogen-bond acceptors (Lipinski definition) is 2. The summed E-state index contributed by atoms with van der Waals surface area (Å²) in [4.78, 5) is 0. The smallest absolute Gasteiger partial charge is 0.129 e. The highest BCUT2D eigenvalue weighted by atomic mass is 19.1. The molecule has 0 aliphatic carbocycles. The fraction of sp³-hybridized carbons (Fsp3) is 0.118. The molecule has 0 fully saturated rings. The first kappa shape index (κ1) is 13.4. The third kappa shape index (κ3) is 2.29. The minimum atomic E-state index is -0.264. The molecule has 4 heteroatoms. The van der Waals surface area contributed by atoms with Crippen molar-refractivity contribution in [2.45, 2.75) is 6.92 Å². The Balaban J connectivity index is 2.26. The highest BCUT2D eigenvalue weighted by molar-refractivity contribution is 5.89. The summed E-state index contributed by atoms with van der Waals surface area (Å²) in [6.07, 6.45) is 0. The van der Waals surface area contributed by atoms with Crippen LogP contribution >= 0.6 is 0 Å². The van der Waals surface area contributed by atoms with Crippen LogP contribution in [-0.2, 0) is 7.05 Å². The molecule has 0 bridgehead atoms. The molecule has 1 heterocycles. The number of nitrogens with zero attached hydrogens (tertiary/aromatic N) is 2. The number of nitrogens with two attached hydrogens (primary N) is 1. The molecule has 3 rings (SSSR count). The van der Waals surface area contributed by atoms with Gasteiger partial charge in [0.05, 0.1) is 5.56 Å². The van der Waals surface area contributed by atoms with Crippen LogP contribution in [0.15, 0.2) is 48.5 Å². The van der Waals surface area contributed by atoms with Gasteiger partial charge in [-0.05, 0) is 42.3 Å². The van der Waals surface area contributed by atoms with Gasteiger partial charge in [0, 0.05) is 12.6 Å². The Kier molecular flexibility index (Phi) is 3.22. The molecular formula is C17H16FN3. The molecule has 0 aliphatic rings. The number of hydrogen-bond donors (Lipinski definition) is 1. The van der Waals surface area contributed by atoms with Crippen molar-refractivity contribution in [2.75, 3.05) is 5.73 Å². The molecule has 0 radical (unpaired) electrons. The van der Waals surface area contributed by atoms with Crippen LogP contribution in [0.5, 0.6) is 0 Å². The van der Waals surface area contributed by atoms with Gasteiger partial charge in [0.1, 0.15) is 17.3 Å². The van der Waals surface area contributed by atoms with E-state index >= 15 is 0 Å². The van der Waals surface area contributed by atoms with Crippen LogP contribution in [0.25, 0.3) is 22.4 Å². The van der Waals surface area contributed by atoms with Crippen molar-refractivity contribution in [2.24, 2.45) is 7.05 Å². The summed E-state index contributed by atoms with van der Waals surface area (Å²) in [5, 5.41) is 4.50. The molecular weight excluding hydrogens is 265 g/mol. The number of nitrogen functional groups attached to an aromatic ring is 1. The fourth-order valence-electron chi connectivity index (χ4n) is 2.47. The maximum atomic E-state index is 13.1. The van der Waals surface area contributed by atoms with Crippen LogP contribution in [0.1, 0.15) is 5.56 Å². The minimum absolute atomic E-state index is 0.264. The van der Waals surface area contributed by atoms with E-state index in [0.717, 1.165) is 27.9 Å². The van der Waals surface area contributed by atoms with E-state index in [9.17, 15) is 4.39 Å². The first-order chi connectivity index (χ1) is 10.1. The number of aryl methyl sites for hydroxylation is 2. The molecule has 0 amide bonds. The van der Waals surface area contributed by atoms with Crippen LogP contribution in [0, 0.1) is 12.7 Å². The fourth-order valence-corrected chi connectivity index (χ4v) is 2.47. The van der Waals surface area contributed by atoms with E-state index in [0.29, 0.717) is 5.82 Å². The summed E-state index contributed by atoms with van der Waals surface area (Å²) in [6.45, 7) is 2.04. The summed E-state index contributed by atoms with van der Waals surface area (Å²) < 4.78 is 14.8. The molecule has 0 aliphatic heterocycles. The van der Waals surface area contributed by atoms with Crippen LogP contribution in [0.2, 0.25) is 0 Å².